The molecule has 3 rings (SSSR count). The Morgan fingerprint density at radius 2 is 1.71 bits per heavy atom. The van der Waals surface area contributed by atoms with Crippen molar-refractivity contribution in [3.63, 3.8) is 0 Å². The van der Waals surface area contributed by atoms with E-state index in [4.69, 9.17) is 0 Å². The van der Waals surface area contributed by atoms with Crippen LogP contribution in [0.4, 0.5) is 5.13 Å². The van der Waals surface area contributed by atoms with Gasteiger partial charge in [0.15, 0.2) is 0 Å². The van der Waals surface area contributed by atoms with Gasteiger partial charge < -0.3 is 0 Å². The van der Waals surface area contributed by atoms with Gasteiger partial charge >= 0.3 is 0 Å². The number of aromatic nitrogens is 1. The SMILES string of the molecule is Cc1nc(N=C(NC(=O)C2CC2)NC(=O)C2CC2)sc1Br. The molecular formula is C13H15BrN4O2S. The summed E-state index contributed by atoms with van der Waals surface area (Å²) in [6.07, 6.45) is 3.60. The number of nitrogens with one attached hydrogen (secondary N) is 2. The van der Waals surface area contributed by atoms with Crippen molar-refractivity contribution in [3.8, 4) is 0 Å². The van der Waals surface area contributed by atoms with Crippen LogP contribution >= 0.6 is 27.3 Å². The summed E-state index contributed by atoms with van der Waals surface area (Å²) in [7, 11) is 0. The van der Waals surface area contributed by atoms with Crippen molar-refractivity contribution in [1.82, 2.24) is 15.6 Å². The van der Waals surface area contributed by atoms with Crippen molar-refractivity contribution in [1.29, 1.82) is 0 Å². The van der Waals surface area contributed by atoms with E-state index in [0.29, 0.717) is 5.13 Å². The van der Waals surface area contributed by atoms with Crippen molar-refractivity contribution in [2.24, 2.45) is 16.8 Å². The number of aryl methyl sites for hydroxylation is 1. The van der Waals surface area contributed by atoms with Crippen LogP contribution in [0.1, 0.15) is 31.4 Å². The highest BCUT2D eigenvalue weighted by Gasteiger charge is 2.33. The fourth-order valence-corrected chi connectivity index (χ4v) is 2.92. The second-order valence-electron chi connectivity index (χ2n) is 5.34. The van der Waals surface area contributed by atoms with Crippen LogP contribution in [0.3, 0.4) is 0 Å². The zero-order valence-electron chi connectivity index (χ0n) is 11.5. The summed E-state index contributed by atoms with van der Waals surface area (Å²) in [4.78, 5) is 32.3. The van der Waals surface area contributed by atoms with Crippen molar-refractivity contribution in [2.75, 3.05) is 0 Å². The molecule has 1 heterocycles. The molecule has 2 amide bonds. The zero-order valence-corrected chi connectivity index (χ0v) is 13.9. The number of carbonyl (C=O) groups excluding carboxylic acids is 2. The molecule has 21 heavy (non-hydrogen) atoms. The van der Waals surface area contributed by atoms with Gasteiger partial charge in [-0.1, -0.05) is 11.3 Å². The Morgan fingerprint density at radius 1 is 1.19 bits per heavy atom. The molecule has 1 aromatic heterocycles. The fraction of sp³-hybridized carbons (Fsp3) is 0.538. The van der Waals surface area contributed by atoms with E-state index in [0.717, 1.165) is 35.2 Å². The minimum atomic E-state index is -0.0859. The number of hydrogen-bond acceptors (Lipinski definition) is 5. The molecule has 2 aliphatic rings. The number of guanidine groups is 1. The lowest BCUT2D eigenvalue weighted by Gasteiger charge is -2.09. The summed E-state index contributed by atoms with van der Waals surface area (Å²) in [5, 5.41) is 5.90. The fourth-order valence-electron chi connectivity index (χ4n) is 1.72. The van der Waals surface area contributed by atoms with Gasteiger partial charge in [0.05, 0.1) is 9.48 Å². The molecule has 6 nitrogen and oxygen atoms in total. The van der Waals surface area contributed by atoms with Gasteiger partial charge in [-0.2, -0.15) is 4.99 Å². The molecule has 112 valence electrons. The lowest BCUT2D eigenvalue weighted by Crippen LogP contribution is -2.44. The molecule has 0 atom stereocenters. The Bertz CT molecular complexity index is 572. The summed E-state index contributed by atoms with van der Waals surface area (Å²) in [6, 6.07) is 0. The average molecular weight is 371 g/mol. The first-order valence-electron chi connectivity index (χ1n) is 6.86. The number of carbonyl (C=O) groups is 2. The molecule has 8 heteroatoms. The zero-order chi connectivity index (χ0) is 15.0. The van der Waals surface area contributed by atoms with Gasteiger partial charge in [-0.25, -0.2) is 4.98 Å². The lowest BCUT2D eigenvalue weighted by molar-refractivity contribution is -0.121. The van der Waals surface area contributed by atoms with E-state index in [-0.39, 0.29) is 29.6 Å². The summed E-state index contributed by atoms with van der Waals surface area (Å²) < 4.78 is 0.891. The standard InChI is InChI=1S/C13H15BrN4O2S/c1-6-9(14)21-13(15-6)18-12(16-10(19)7-2-3-7)17-11(20)8-4-5-8/h7-8H,2-5H2,1H3,(H2,15,16,17,18,19,20). The quantitative estimate of drug-likeness (QED) is 0.632. The normalized spacial score (nSPS) is 17.2. The molecule has 2 N–H and O–H groups in total. The van der Waals surface area contributed by atoms with Crippen LogP contribution in [0.5, 0.6) is 0 Å². The van der Waals surface area contributed by atoms with Crippen LogP contribution < -0.4 is 10.6 Å². The topological polar surface area (TPSA) is 83.4 Å². The molecular weight excluding hydrogens is 356 g/mol. The first-order valence-corrected chi connectivity index (χ1v) is 8.47. The van der Waals surface area contributed by atoms with Gasteiger partial charge in [-0.15, -0.1) is 0 Å². The number of amides is 2. The molecule has 1 aromatic rings. The highest BCUT2D eigenvalue weighted by molar-refractivity contribution is 9.11. The minimum absolute atomic E-state index is 0.0535. The smallest absolute Gasteiger partial charge is 0.229 e. The molecule has 2 fully saturated rings. The third kappa shape index (κ3) is 3.88. The molecule has 0 spiro atoms. The van der Waals surface area contributed by atoms with Crippen LogP contribution in [-0.4, -0.2) is 22.8 Å². The third-order valence-corrected chi connectivity index (χ3v) is 5.21. The Kier molecular flexibility index (Phi) is 4.08. The number of rotatable bonds is 3. The first-order chi connectivity index (χ1) is 10.0. The maximum Gasteiger partial charge on any atom is 0.229 e. The lowest BCUT2D eigenvalue weighted by atomic mass is 10.4. The molecule has 0 aromatic carbocycles. The van der Waals surface area contributed by atoms with E-state index in [2.05, 4.69) is 36.5 Å². The number of aliphatic imine (C=N–C) groups is 1. The van der Waals surface area contributed by atoms with Gasteiger partial charge in [0.2, 0.25) is 22.9 Å². The first kappa shape index (κ1) is 14.6. The molecule has 2 aliphatic carbocycles. The Labute approximate surface area is 134 Å². The van der Waals surface area contributed by atoms with E-state index in [1.165, 1.54) is 11.3 Å². The van der Waals surface area contributed by atoms with Crippen LogP contribution in [-0.2, 0) is 9.59 Å². The van der Waals surface area contributed by atoms with Gasteiger partial charge in [-0.05, 0) is 48.5 Å². The largest absolute Gasteiger partial charge is 0.296 e. The van der Waals surface area contributed by atoms with E-state index in [1.807, 2.05) is 6.92 Å². The van der Waals surface area contributed by atoms with E-state index < -0.39 is 0 Å². The highest BCUT2D eigenvalue weighted by Crippen LogP contribution is 2.31. The second kappa shape index (κ2) is 5.84. The van der Waals surface area contributed by atoms with Crippen molar-refractivity contribution >= 4 is 50.2 Å². The van der Waals surface area contributed by atoms with E-state index in [1.54, 1.807) is 0 Å². The third-order valence-electron chi connectivity index (χ3n) is 3.32. The van der Waals surface area contributed by atoms with Crippen LogP contribution in [0, 0.1) is 18.8 Å². The maximum atomic E-state index is 11.9. The number of nitrogens with zero attached hydrogens (tertiary/aromatic N) is 2. The summed E-state index contributed by atoms with van der Waals surface area (Å²) in [5.74, 6) is 0.120. The summed E-state index contributed by atoms with van der Waals surface area (Å²) in [5.41, 5.74) is 0.833. The van der Waals surface area contributed by atoms with E-state index in [9.17, 15) is 9.59 Å². The van der Waals surface area contributed by atoms with Gasteiger partial charge in [0.25, 0.3) is 0 Å². The summed E-state index contributed by atoms with van der Waals surface area (Å²) >= 11 is 4.75. The molecule has 0 unspecified atom stereocenters. The predicted octanol–water partition coefficient (Wildman–Crippen LogP) is 2.25. The average Bonchev–Trinajstić information content (AvgIpc) is 3.28. The Morgan fingerprint density at radius 3 is 2.10 bits per heavy atom. The Balaban J connectivity index is 1.75. The molecule has 2 saturated carbocycles. The van der Waals surface area contributed by atoms with Gasteiger partial charge in [-0.3, -0.25) is 20.2 Å². The van der Waals surface area contributed by atoms with Crippen molar-refractivity contribution in [2.45, 2.75) is 32.6 Å². The van der Waals surface area contributed by atoms with Gasteiger partial charge in [0.1, 0.15) is 0 Å². The molecule has 0 bridgehead atoms. The van der Waals surface area contributed by atoms with E-state index >= 15 is 0 Å². The van der Waals surface area contributed by atoms with Crippen LogP contribution in [0.25, 0.3) is 0 Å². The second-order valence-corrected chi connectivity index (χ2v) is 7.64. The predicted molar refractivity (Wildman–Crippen MR) is 83.4 cm³/mol. The van der Waals surface area contributed by atoms with Gasteiger partial charge in [0, 0.05) is 11.8 Å². The number of halogens is 1. The van der Waals surface area contributed by atoms with Crippen molar-refractivity contribution in [3.05, 3.63) is 9.48 Å². The summed E-state index contributed by atoms with van der Waals surface area (Å²) in [6.45, 7) is 1.87. The van der Waals surface area contributed by atoms with Crippen LogP contribution in [0.15, 0.2) is 8.78 Å². The number of thiazole rings is 1. The van der Waals surface area contributed by atoms with Crippen molar-refractivity contribution < 1.29 is 9.59 Å². The monoisotopic (exact) mass is 370 g/mol. The molecule has 0 saturated heterocycles. The Hall–Kier alpha value is -1.28. The van der Waals surface area contributed by atoms with Crippen LogP contribution in [0.2, 0.25) is 0 Å². The number of hydrogen-bond donors (Lipinski definition) is 2. The molecule has 0 radical (unpaired) electrons. The minimum Gasteiger partial charge on any atom is -0.296 e. The maximum absolute atomic E-state index is 11.9. The molecule has 0 aliphatic heterocycles. The highest BCUT2D eigenvalue weighted by atomic mass is 79.9.